The van der Waals surface area contributed by atoms with Crippen LogP contribution >= 0.6 is 23.4 Å². The summed E-state index contributed by atoms with van der Waals surface area (Å²) in [6.45, 7) is 4.39. The van der Waals surface area contributed by atoms with Crippen LogP contribution in [0.1, 0.15) is 31.3 Å². The maximum Gasteiger partial charge on any atom is 0.241 e. The standard InChI is InChI=1S/C23H23ClN4O2S2/c1-3-28-22(16(2)27-32(29,30)20-13-11-19(24)12-14-20)25-26-23(28)31-15-18-9-6-8-17-7-4-5-10-21(17)18/h4-14,16,27H,3,15H2,1-2H3/t16-/m1/s1. The largest absolute Gasteiger partial charge is 0.305 e. The van der Waals surface area contributed by atoms with Gasteiger partial charge in [-0.05, 0) is 54.4 Å². The Morgan fingerprint density at radius 2 is 1.75 bits per heavy atom. The number of nitrogens with zero attached hydrogens (tertiary/aromatic N) is 3. The van der Waals surface area contributed by atoms with Crippen molar-refractivity contribution in [3.05, 3.63) is 83.1 Å². The van der Waals surface area contributed by atoms with E-state index >= 15 is 0 Å². The summed E-state index contributed by atoms with van der Waals surface area (Å²) in [5, 5.41) is 12.3. The van der Waals surface area contributed by atoms with Crippen LogP contribution in [0.25, 0.3) is 10.8 Å². The van der Waals surface area contributed by atoms with E-state index in [4.69, 9.17) is 11.6 Å². The van der Waals surface area contributed by atoms with Gasteiger partial charge in [0.2, 0.25) is 10.0 Å². The first-order chi connectivity index (χ1) is 15.4. The Bertz CT molecular complexity index is 1330. The number of rotatable bonds is 8. The highest BCUT2D eigenvalue weighted by Crippen LogP contribution is 2.28. The van der Waals surface area contributed by atoms with Gasteiger partial charge in [-0.2, -0.15) is 0 Å². The van der Waals surface area contributed by atoms with Crippen molar-refractivity contribution in [2.75, 3.05) is 0 Å². The first-order valence-corrected chi connectivity index (χ1v) is 13.0. The molecule has 3 aromatic carbocycles. The van der Waals surface area contributed by atoms with E-state index in [0.29, 0.717) is 17.4 Å². The second kappa shape index (κ2) is 9.62. The zero-order valence-corrected chi connectivity index (χ0v) is 20.1. The molecule has 4 rings (SSSR count). The van der Waals surface area contributed by atoms with E-state index < -0.39 is 16.1 Å². The van der Waals surface area contributed by atoms with Crippen molar-refractivity contribution < 1.29 is 8.42 Å². The molecular formula is C23H23ClN4O2S2. The summed E-state index contributed by atoms with van der Waals surface area (Å²) in [5.41, 5.74) is 1.22. The third-order valence-electron chi connectivity index (χ3n) is 5.14. The molecule has 0 aliphatic heterocycles. The molecule has 0 amide bonds. The SMILES string of the molecule is CCn1c(SCc2cccc3ccccc23)nnc1[C@@H](C)NS(=O)(=O)c1ccc(Cl)cc1. The summed E-state index contributed by atoms with van der Waals surface area (Å²) in [4.78, 5) is 0.155. The highest BCUT2D eigenvalue weighted by Gasteiger charge is 2.23. The normalized spacial score (nSPS) is 12.8. The Morgan fingerprint density at radius 3 is 2.50 bits per heavy atom. The second-order valence-corrected chi connectivity index (χ2v) is 10.4. The van der Waals surface area contributed by atoms with Gasteiger partial charge >= 0.3 is 0 Å². The van der Waals surface area contributed by atoms with E-state index in [9.17, 15) is 8.42 Å². The fourth-order valence-electron chi connectivity index (χ4n) is 3.55. The lowest BCUT2D eigenvalue weighted by Gasteiger charge is -2.15. The van der Waals surface area contributed by atoms with Crippen molar-refractivity contribution in [1.82, 2.24) is 19.5 Å². The predicted molar refractivity (Wildman–Crippen MR) is 129 cm³/mol. The summed E-state index contributed by atoms with van der Waals surface area (Å²) < 4.78 is 30.1. The molecule has 0 saturated carbocycles. The second-order valence-electron chi connectivity index (χ2n) is 7.31. The van der Waals surface area contributed by atoms with Crippen LogP contribution in [0, 0.1) is 0 Å². The molecule has 1 aromatic heterocycles. The zero-order valence-electron chi connectivity index (χ0n) is 17.7. The van der Waals surface area contributed by atoms with Gasteiger partial charge in [-0.25, -0.2) is 13.1 Å². The first-order valence-electron chi connectivity index (χ1n) is 10.2. The van der Waals surface area contributed by atoms with Gasteiger partial charge in [0.15, 0.2) is 11.0 Å². The molecule has 0 fully saturated rings. The van der Waals surface area contributed by atoms with Crippen LogP contribution in [0.4, 0.5) is 0 Å². The van der Waals surface area contributed by atoms with Gasteiger partial charge in [-0.3, -0.25) is 0 Å². The number of aromatic nitrogens is 3. The van der Waals surface area contributed by atoms with Gasteiger partial charge in [-0.1, -0.05) is 65.8 Å². The molecule has 0 bridgehead atoms. The van der Waals surface area contributed by atoms with Crippen molar-refractivity contribution in [2.24, 2.45) is 0 Å². The van der Waals surface area contributed by atoms with E-state index in [2.05, 4.69) is 45.3 Å². The van der Waals surface area contributed by atoms with Crippen LogP contribution < -0.4 is 4.72 Å². The summed E-state index contributed by atoms with van der Waals surface area (Å²) in [6, 6.07) is 20.1. The Labute approximate surface area is 197 Å². The van der Waals surface area contributed by atoms with E-state index in [0.717, 1.165) is 10.9 Å². The lowest BCUT2D eigenvalue weighted by atomic mass is 10.1. The molecule has 0 aliphatic rings. The summed E-state index contributed by atoms with van der Waals surface area (Å²) in [5.74, 6) is 1.31. The smallest absolute Gasteiger partial charge is 0.241 e. The lowest BCUT2D eigenvalue weighted by Crippen LogP contribution is -2.29. The summed E-state index contributed by atoms with van der Waals surface area (Å²) >= 11 is 7.46. The average molecular weight is 487 g/mol. The van der Waals surface area contributed by atoms with Crippen molar-refractivity contribution in [1.29, 1.82) is 0 Å². The first kappa shape index (κ1) is 22.8. The Hall–Kier alpha value is -2.39. The van der Waals surface area contributed by atoms with Gasteiger partial charge in [0.1, 0.15) is 0 Å². The number of hydrogen-bond donors (Lipinski definition) is 1. The average Bonchev–Trinajstić information content (AvgIpc) is 3.21. The lowest BCUT2D eigenvalue weighted by molar-refractivity contribution is 0.539. The molecule has 1 N–H and O–H groups in total. The Morgan fingerprint density at radius 1 is 1.03 bits per heavy atom. The summed E-state index contributed by atoms with van der Waals surface area (Å²) in [7, 11) is -3.72. The third-order valence-corrected chi connectivity index (χ3v) is 7.97. The fourth-order valence-corrected chi connectivity index (χ4v) is 5.89. The van der Waals surface area contributed by atoms with Crippen LogP contribution in [-0.2, 0) is 22.3 Å². The number of benzene rings is 3. The molecule has 0 aliphatic carbocycles. The van der Waals surface area contributed by atoms with Crippen LogP contribution in [0.3, 0.4) is 0 Å². The van der Waals surface area contributed by atoms with Gasteiger partial charge < -0.3 is 4.57 Å². The molecule has 1 atom stereocenters. The summed E-state index contributed by atoms with van der Waals surface area (Å²) in [6.07, 6.45) is 0. The van der Waals surface area contributed by atoms with E-state index in [-0.39, 0.29) is 4.90 Å². The van der Waals surface area contributed by atoms with Crippen molar-refractivity contribution in [2.45, 2.75) is 42.2 Å². The van der Waals surface area contributed by atoms with E-state index in [1.165, 1.54) is 28.5 Å². The van der Waals surface area contributed by atoms with Crippen LogP contribution in [-0.4, -0.2) is 23.2 Å². The fraction of sp³-hybridized carbons (Fsp3) is 0.217. The van der Waals surface area contributed by atoms with Gasteiger partial charge in [0.05, 0.1) is 10.9 Å². The van der Waals surface area contributed by atoms with Crippen molar-refractivity contribution >= 4 is 44.2 Å². The molecule has 0 unspecified atom stereocenters. The number of thioether (sulfide) groups is 1. The Balaban J connectivity index is 1.53. The zero-order chi connectivity index (χ0) is 22.7. The van der Waals surface area contributed by atoms with Crippen LogP contribution in [0.2, 0.25) is 5.02 Å². The van der Waals surface area contributed by atoms with Crippen molar-refractivity contribution in [3.8, 4) is 0 Å². The maximum atomic E-state index is 12.8. The number of fused-ring (bicyclic) bond motifs is 1. The molecular weight excluding hydrogens is 464 g/mol. The minimum Gasteiger partial charge on any atom is -0.305 e. The van der Waals surface area contributed by atoms with Gasteiger partial charge in [0, 0.05) is 17.3 Å². The minimum absolute atomic E-state index is 0.155. The van der Waals surface area contributed by atoms with E-state index in [1.807, 2.05) is 23.6 Å². The van der Waals surface area contributed by atoms with Crippen LogP contribution in [0.15, 0.2) is 76.8 Å². The predicted octanol–water partition coefficient (Wildman–Crippen LogP) is 5.44. The van der Waals surface area contributed by atoms with Gasteiger partial charge in [-0.15, -0.1) is 10.2 Å². The molecule has 1 heterocycles. The highest BCUT2D eigenvalue weighted by atomic mass is 35.5. The molecule has 0 radical (unpaired) electrons. The minimum atomic E-state index is -3.72. The van der Waals surface area contributed by atoms with Crippen molar-refractivity contribution in [3.63, 3.8) is 0 Å². The third kappa shape index (κ3) is 4.83. The highest BCUT2D eigenvalue weighted by molar-refractivity contribution is 7.98. The molecule has 0 spiro atoms. The Kier molecular flexibility index (Phi) is 6.85. The number of hydrogen-bond acceptors (Lipinski definition) is 5. The number of halogens is 1. The quantitative estimate of drug-likeness (QED) is 0.336. The van der Waals surface area contributed by atoms with Crippen LogP contribution in [0.5, 0.6) is 0 Å². The van der Waals surface area contributed by atoms with E-state index in [1.54, 1.807) is 30.8 Å². The molecule has 32 heavy (non-hydrogen) atoms. The molecule has 4 aromatic rings. The molecule has 0 saturated heterocycles. The topological polar surface area (TPSA) is 76.9 Å². The maximum absolute atomic E-state index is 12.8. The molecule has 6 nitrogen and oxygen atoms in total. The monoisotopic (exact) mass is 486 g/mol. The number of nitrogens with one attached hydrogen (secondary N) is 1. The number of sulfonamides is 1. The molecule has 166 valence electrons. The molecule has 9 heteroatoms. The van der Waals surface area contributed by atoms with Gasteiger partial charge in [0.25, 0.3) is 0 Å².